The predicted molar refractivity (Wildman–Crippen MR) is 65.5 cm³/mol. The van der Waals surface area contributed by atoms with Gasteiger partial charge in [0.05, 0.1) is 5.56 Å². The van der Waals surface area contributed by atoms with Crippen molar-refractivity contribution in [3.05, 3.63) is 52.4 Å². The first-order valence-electron chi connectivity index (χ1n) is 5.44. The Balaban J connectivity index is 2.33. The number of pyridine rings is 1. The molecule has 106 valence electrons. The largest absolute Gasteiger partial charge is 0.439 e. The summed E-state index contributed by atoms with van der Waals surface area (Å²) in [4.78, 5) is 3.64. The molecule has 0 saturated heterocycles. The number of aromatic nitrogens is 1. The van der Waals surface area contributed by atoms with E-state index in [1.54, 1.807) is 0 Å². The van der Waals surface area contributed by atoms with Gasteiger partial charge in [0, 0.05) is 6.07 Å². The first-order chi connectivity index (χ1) is 9.25. The Morgan fingerprint density at radius 1 is 1.15 bits per heavy atom. The lowest BCUT2D eigenvalue weighted by Gasteiger charge is -2.10. The molecule has 0 radical (unpaired) electrons. The van der Waals surface area contributed by atoms with E-state index in [4.69, 9.17) is 16.3 Å². The Labute approximate surface area is 117 Å². The van der Waals surface area contributed by atoms with Crippen molar-refractivity contribution in [2.75, 3.05) is 0 Å². The third kappa shape index (κ3) is 3.39. The summed E-state index contributed by atoms with van der Waals surface area (Å²) in [5, 5.41) is -0.339. The van der Waals surface area contributed by atoms with Crippen LogP contribution in [0.15, 0.2) is 30.3 Å². The predicted octanol–water partition coefficient (Wildman–Crippen LogP) is 4.99. The molecule has 2 nitrogen and oxygen atoms in total. The molecule has 7 heteroatoms. The van der Waals surface area contributed by atoms with Crippen molar-refractivity contribution in [2.45, 2.75) is 13.1 Å². The molecule has 0 bridgehead atoms. The zero-order valence-electron chi connectivity index (χ0n) is 10.1. The summed E-state index contributed by atoms with van der Waals surface area (Å²) in [7, 11) is 0. The summed E-state index contributed by atoms with van der Waals surface area (Å²) in [5.74, 6) is -0.574. The molecular weight excluding hydrogens is 298 g/mol. The van der Waals surface area contributed by atoms with Gasteiger partial charge in [0.25, 0.3) is 0 Å². The van der Waals surface area contributed by atoms with Gasteiger partial charge in [-0.2, -0.15) is 13.2 Å². The van der Waals surface area contributed by atoms with Crippen LogP contribution in [0.5, 0.6) is 11.6 Å². The zero-order valence-corrected chi connectivity index (χ0v) is 10.9. The first-order valence-corrected chi connectivity index (χ1v) is 5.82. The number of halogens is 5. The average molecular weight is 306 g/mol. The molecule has 0 spiro atoms. The Kier molecular flexibility index (Phi) is 3.85. The topological polar surface area (TPSA) is 22.1 Å². The molecule has 0 fully saturated rings. The summed E-state index contributed by atoms with van der Waals surface area (Å²) >= 11 is 5.53. The maximum atomic E-state index is 13.1. The van der Waals surface area contributed by atoms with Crippen LogP contribution in [0.4, 0.5) is 17.6 Å². The zero-order chi connectivity index (χ0) is 14.9. The number of aryl methyl sites for hydroxylation is 1. The van der Waals surface area contributed by atoms with E-state index in [0.717, 1.165) is 12.1 Å². The van der Waals surface area contributed by atoms with Crippen LogP contribution in [0.2, 0.25) is 5.15 Å². The number of rotatable bonds is 2. The molecule has 0 saturated carbocycles. The summed E-state index contributed by atoms with van der Waals surface area (Å²) < 4.78 is 56.1. The highest BCUT2D eigenvalue weighted by molar-refractivity contribution is 6.29. The van der Waals surface area contributed by atoms with Gasteiger partial charge in [-0.25, -0.2) is 9.37 Å². The fourth-order valence-corrected chi connectivity index (χ4v) is 1.69. The number of alkyl halides is 3. The van der Waals surface area contributed by atoms with Gasteiger partial charge in [-0.1, -0.05) is 11.6 Å². The summed E-state index contributed by atoms with van der Waals surface area (Å²) in [6.07, 6.45) is -4.55. The van der Waals surface area contributed by atoms with Gasteiger partial charge < -0.3 is 4.74 Å². The van der Waals surface area contributed by atoms with E-state index < -0.39 is 17.6 Å². The van der Waals surface area contributed by atoms with Crippen LogP contribution in [-0.4, -0.2) is 4.98 Å². The van der Waals surface area contributed by atoms with E-state index >= 15 is 0 Å². The average Bonchev–Trinajstić information content (AvgIpc) is 2.32. The first kappa shape index (κ1) is 14.6. The Morgan fingerprint density at radius 2 is 1.85 bits per heavy atom. The standard InChI is InChI=1S/C13H8ClF4NO/c1-7-4-9(2-3-10(7)15)20-12-6-8(13(16,17)18)5-11(14)19-12/h2-6H,1H3. The van der Waals surface area contributed by atoms with E-state index in [-0.39, 0.29) is 16.8 Å². The number of hydrogen-bond donors (Lipinski definition) is 0. The lowest BCUT2D eigenvalue weighted by Crippen LogP contribution is -2.05. The minimum absolute atomic E-state index is 0.173. The SMILES string of the molecule is Cc1cc(Oc2cc(C(F)(F)F)cc(Cl)n2)ccc1F. The van der Waals surface area contributed by atoms with E-state index in [1.165, 1.54) is 19.1 Å². The molecule has 1 aromatic carbocycles. The highest BCUT2D eigenvalue weighted by Crippen LogP contribution is 2.33. The van der Waals surface area contributed by atoms with Crippen LogP contribution in [0.3, 0.4) is 0 Å². The molecule has 0 aliphatic carbocycles. The third-order valence-corrected chi connectivity index (χ3v) is 2.64. The van der Waals surface area contributed by atoms with Crippen LogP contribution < -0.4 is 4.74 Å². The van der Waals surface area contributed by atoms with E-state index in [2.05, 4.69) is 4.98 Å². The van der Waals surface area contributed by atoms with Crippen molar-refractivity contribution in [3.63, 3.8) is 0 Å². The second-order valence-corrected chi connectivity index (χ2v) is 4.41. The molecule has 2 aromatic rings. The summed E-state index contributed by atoms with van der Waals surface area (Å²) in [6, 6.07) is 5.22. The third-order valence-electron chi connectivity index (χ3n) is 2.45. The molecule has 0 atom stereocenters. The number of nitrogens with zero attached hydrogens (tertiary/aromatic N) is 1. The molecule has 0 unspecified atom stereocenters. The van der Waals surface area contributed by atoms with Gasteiger partial charge in [-0.3, -0.25) is 0 Å². The fraction of sp³-hybridized carbons (Fsp3) is 0.154. The smallest absolute Gasteiger partial charge is 0.416 e. The lowest BCUT2D eigenvalue weighted by atomic mass is 10.2. The molecule has 0 aliphatic rings. The summed E-state index contributed by atoms with van der Waals surface area (Å²) in [5.41, 5.74) is -0.660. The molecule has 0 aliphatic heterocycles. The quantitative estimate of drug-likeness (QED) is 0.576. The Bertz CT molecular complexity index is 643. The maximum Gasteiger partial charge on any atom is 0.416 e. The van der Waals surface area contributed by atoms with Crippen LogP contribution >= 0.6 is 11.6 Å². The molecular formula is C13H8ClF4NO. The number of benzene rings is 1. The van der Waals surface area contributed by atoms with Crippen molar-refractivity contribution in [3.8, 4) is 11.6 Å². The minimum Gasteiger partial charge on any atom is -0.439 e. The van der Waals surface area contributed by atoms with Gasteiger partial charge in [0.1, 0.15) is 16.7 Å². The van der Waals surface area contributed by atoms with Gasteiger partial charge >= 0.3 is 6.18 Å². The highest BCUT2D eigenvalue weighted by atomic mass is 35.5. The molecule has 0 amide bonds. The molecule has 0 N–H and O–H groups in total. The number of ether oxygens (including phenoxy) is 1. The second kappa shape index (κ2) is 5.28. The monoisotopic (exact) mass is 305 g/mol. The van der Waals surface area contributed by atoms with Crippen molar-refractivity contribution < 1.29 is 22.3 Å². The van der Waals surface area contributed by atoms with E-state index in [9.17, 15) is 17.6 Å². The van der Waals surface area contributed by atoms with Gasteiger partial charge in [0.15, 0.2) is 0 Å². The van der Waals surface area contributed by atoms with Crippen molar-refractivity contribution >= 4 is 11.6 Å². The highest BCUT2D eigenvalue weighted by Gasteiger charge is 2.31. The van der Waals surface area contributed by atoms with Gasteiger partial charge in [-0.05, 0) is 36.8 Å². The van der Waals surface area contributed by atoms with Crippen LogP contribution in [0.25, 0.3) is 0 Å². The minimum atomic E-state index is -4.55. The van der Waals surface area contributed by atoms with Crippen LogP contribution in [0.1, 0.15) is 11.1 Å². The summed E-state index contributed by atoms with van der Waals surface area (Å²) in [6.45, 7) is 1.51. The Morgan fingerprint density at radius 3 is 2.45 bits per heavy atom. The molecule has 20 heavy (non-hydrogen) atoms. The van der Waals surface area contributed by atoms with Gasteiger partial charge in [-0.15, -0.1) is 0 Å². The van der Waals surface area contributed by atoms with Crippen LogP contribution in [-0.2, 0) is 6.18 Å². The fourth-order valence-electron chi connectivity index (χ4n) is 1.49. The lowest BCUT2D eigenvalue weighted by molar-refractivity contribution is -0.137. The molecule has 1 heterocycles. The van der Waals surface area contributed by atoms with Crippen LogP contribution in [0, 0.1) is 12.7 Å². The normalized spacial score (nSPS) is 11.5. The van der Waals surface area contributed by atoms with Crippen molar-refractivity contribution in [2.24, 2.45) is 0 Å². The number of hydrogen-bond acceptors (Lipinski definition) is 2. The van der Waals surface area contributed by atoms with Crippen molar-refractivity contribution in [1.82, 2.24) is 4.98 Å². The van der Waals surface area contributed by atoms with E-state index in [1.807, 2.05) is 0 Å². The van der Waals surface area contributed by atoms with Gasteiger partial charge in [0.2, 0.25) is 5.88 Å². The van der Waals surface area contributed by atoms with Crippen molar-refractivity contribution in [1.29, 1.82) is 0 Å². The maximum absolute atomic E-state index is 13.1. The van der Waals surface area contributed by atoms with E-state index in [0.29, 0.717) is 11.6 Å². The molecule has 1 aromatic heterocycles. The Hall–Kier alpha value is -1.82. The second-order valence-electron chi connectivity index (χ2n) is 4.03. The molecule has 2 rings (SSSR count).